The third-order valence-corrected chi connectivity index (χ3v) is 8.32. The van der Waals surface area contributed by atoms with E-state index in [1.807, 2.05) is 57.2 Å². The third kappa shape index (κ3) is 6.59. The maximum absolute atomic E-state index is 14.7. The Morgan fingerprint density at radius 2 is 2.05 bits per heavy atom. The molecule has 3 amide bonds. The van der Waals surface area contributed by atoms with Gasteiger partial charge in [0.1, 0.15) is 16.4 Å². The molecule has 2 aliphatic heterocycles. The smallest absolute Gasteiger partial charge is 0.410 e. The minimum Gasteiger partial charge on any atom is -0.444 e. The van der Waals surface area contributed by atoms with Gasteiger partial charge in [-0.25, -0.2) is 9.18 Å². The lowest BCUT2D eigenvalue weighted by molar-refractivity contribution is 0.0225. The summed E-state index contributed by atoms with van der Waals surface area (Å²) >= 11 is 3.19. The van der Waals surface area contributed by atoms with Crippen molar-refractivity contribution in [1.29, 1.82) is 0 Å². The Balaban J connectivity index is 1.62. The van der Waals surface area contributed by atoms with Crippen molar-refractivity contribution in [3.8, 4) is 0 Å². The second-order valence-electron chi connectivity index (χ2n) is 11.6. The van der Waals surface area contributed by atoms with Crippen LogP contribution < -0.4 is 16.0 Å². The number of likely N-dealkylation sites (tertiary alicyclic amines) is 1. The molecule has 38 heavy (non-hydrogen) atoms. The molecule has 0 unspecified atom stereocenters. The van der Waals surface area contributed by atoms with Gasteiger partial charge in [-0.05, 0) is 91.8 Å². The first-order valence-corrected chi connectivity index (χ1v) is 14.6. The zero-order valence-corrected chi connectivity index (χ0v) is 25.3. The number of rotatable bonds is 5. The van der Waals surface area contributed by atoms with E-state index in [9.17, 15) is 18.8 Å². The van der Waals surface area contributed by atoms with E-state index in [0.717, 1.165) is 27.7 Å². The number of nitrogens with zero attached hydrogens (tertiary/aromatic N) is 1. The van der Waals surface area contributed by atoms with Crippen LogP contribution in [0.1, 0.15) is 73.1 Å². The summed E-state index contributed by atoms with van der Waals surface area (Å²) in [6.07, 6.45) is 1.68. The van der Waals surface area contributed by atoms with Gasteiger partial charge < -0.3 is 25.6 Å². The number of anilines is 2. The number of nitrogens with one attached hydrogen (secondary N) is 3. The molecule has 1 fully saturated rings. The van der Waals surface area contributed by atoms with Gasteiger partial charge in [-0.1, -0.05) is 13.8 Å². The van der Waals surface area contributed by atoms with Crippen molar-refractivity contribution in [2.24, 2.45) is 5.41 Å². The largest absolute Gasteiger partial charge is 0.444 e. The number of carbonyl (C=O) groups is 3. The Morgan fingerprint density at radius 1 is 1.32 bits per heavy atom. The number of amides is 3. The SMILES string of the molecule is CC1(C)CNC(=O)c2sc(Nc3ccc(I)cc3F)c(C(=O)NC[C@H]3CCCN3C(=O)OC(C)(C)C)c2C1. The number of benzene rings is 1. The summed E-state index contributed by atoms with van der Waals surface area (Å²) in [5.74, 6) is -1.05. The molecule has 0 saturated carbocycles. The van der Waals surface area contributed by atoms with E-state index in [4.69, 9.17) is 4.74 Å². The van der Waals surface area contributed by atoms with E-state index in [1.54, 1.807) is 17.0 Å². The van der Waals surface area contributed by atoms with Crippen LogP contribution in [0.5, 0.6) is 0 Å². The van der Waals surface area contributed by atoms with E-state index in [2.05, 4.69) is 16.0 Å². The summed E-state index contributed by atoms with van der Waals surface area (Å²) < 4.78 is 21.0. The average Bonchev–Trinajstić information content (AvgIpc) is 3.39. The summed E-state index contributed by atoms with van der Waals surface area (Å²) in [4.78, 5) is 41.5. The van der Waals surface area contributed by atoms with E-state index >= 15 is 0 Å². The number of carbonyl (C=O) groups excluding carboxylic acids is 3. The zero-order chi connectivity index (χ0) is 27.8. The normalized spacial score (nSPS) is 18.9. The Kier molecular flexibility index (Phi) is 8.27. The molecule has 4 rings (SSSR count). The highest BCUT2D eigenvalue weighted by molar-refractivity contribution is 14.1. The lowest BCUT2D eigenvalue weighted by atomic mass is 9.85. The highest BCUT2D eigenvalue weighted by Gasteiger charge is 2.36. The van der Waals surface area contributed by atoms with Crippen molar-refractivity contribution in [3.63, 3.8) is 0 Å². The molecule has 1 aromatic carbocycles. The van der Waals surface area contributed by atoms with Crippen molar-refractivity contribution in [1.82, 2.24) is 15.5 Å². The topological polar surface area (TPSA) is 99.8 Å². The number of thiophene rings is 1. The fraction of sp³-hybridized carbons (Fsp3) is 0.519. The molecule has 2 aromatic rings. The van der Waals surface area contributed by atoms with E-state index in [0.29, 0.717) is 40.5 Å². The third-order valence-electron chi connectivity index (χ3n) is 6.51. The van der Waals surface area contributed by atoms with E-state index in [-0.39, 0.29) is 35.5 Å². The molecule has 3 N–H and O–H groups in total. The molecule has 1 atom stereocenters. The number of hydrogen-bond acceptors (Lipinski definition) is 6. The molecule has 0 radical (unpaired) electrons. The van der Waals surface area contributed by atoms with Gasteiger partial charge in [0.05, 0.1) is 22.2 Å². The molecule has 3 heterocycles. The summed E-state index contributed by atoms with van der Waals surface area (Å²) in [5.41, 5.74) is 0.329. The van der Waals surface area contributed by atoms with Crippen molar-refractivity contribution in [2.75, 3.05) is 25.0 Å². The minimum absolute atomic E-state index is 0.198. The second kappa shape index (κ2) is 11.0. The van der Waals surface area contributed by atoms with Crippen LogP contribution in [0, 0.1) is 14.8 Å². The Hall–Kier alpha value is -2.41. The minimum atomic E-state index is -0.611. The Bertz CT molecular complexity index is 1260. The molecule has 11 heteroatoms. The van der Waals surface area contributed by atoms with Crippen LogP contribution in [0.2, 0.25) is 0 Å². The highest BCUT2D eigenvalue weighted by atomic mass is 127. The van der Waals surface area contributed by atoms with Crippen molar-refractivity contribution >= 4 is 62.5 Å². The Labute approximate surface area is 240 Å². The zero-order valence-electron chi connectivity index (χ0n) is 22.3. The van der Waals surface area contributed by atoms with Crippen LogP contribution in [0.3, 0.4) is 0 Å². The first-order valence-electron chi connectivity index (χ1n) is 12.7. The molecule has 206 valence electrons. The van der Waals surface area contributed by atoms with Gasteiger partial charge in [0.25, 0.3) is 11.8 Å². The number of fused-ring (bicyclic) bond motifs is 1. The fourth-order valence-corrected chi connectivity index (χ4v) is 6.31. The second-order valence-corrected chi connectivity index (χ2v) is 13.8. The van der Waals surface area contributed by atoms with Gasteiger partial charge in [-0.3, -0.25) is 9.59 Å². The quantitative estimate of drug-likeness (QED) is 0.360. The van der Waals surface area contributed by atoms with Crippen molar-refractivity contribution in [2.45, 2.75) is 65.5 Å². The standard InChI is InChI=1S/C27H34FIN4O4S/c1-26(2,3)37-25(36)33-10-6-7-16(33)13-30-22(34)20-17-12-27(4,5)14-31-23(35)21(17)38-24(20)32-19-9-8-15(29)11-18(19)28/h8-9,11,16,32H,6-7,10,12-14H2,1-5H3,(H,30,34)(H,31,35)/t16-/m1/s1. The van der Waals surface area contributed by atoms with Crippen LogP contribution in [-0.2, 0) is 11.2 Å². The predicted molar refractivity (Wildman–Crippen MR) is 155 cm³/mol. The highest BCUT2D eigenvalue weighted by Crippen LogP contribution is 2.40. The van der Waals surface area contributed by atoms with Gasteiger partial charge in [0, 0.05) is 23.2 Å². The first kappa shape index (κ1) is 28.6. The summed E-state index contributed by atoms with van der Waals surface area (Å²) in [6.45, 7) is 10.8. The van der Waals surface area contributed by atoms with Crippen LogP contribution in [0.4, 0.5) is 19.9 Å². The lowest BCUT2D eigenvalue weighted by Gasteiger charge is -2.28. The monoisotopic (exact) mass is 656 g/mol. The molecule has 0 bridgehead atoms. The predicted octanol–water partition coefficient (Wildman–Crippen LogP) is 5.68. The fourth-order valence-electron chi connectivity index (χ4n) is 4.71. The van der Waals surface area contributed by atoms with Crippen molar-refractivity contribution < 1.29 is 23.5 Å². The summed E-state index contributed by atoms with van der Waals surface area (Å²) in [5, 5.41) is 9.42. The van der Waals surface area contributed by atoms with Gasteiger partial charge >= 0.3 is 6.09 Å². The van der Waals surface area contributed by atoms with E-state index < -0.39 is 17.5 Å². The maximum Gasteiger partial charge on any atom is 0.410 e. The van der Waals surface area contributed by atoms with Gasteiger partial charge in [0.2, 0.25) is 0 Å². The molecule has 0 spiro atoms. The van der Waals surface area contributed by atoms with Crippen LogP contribution in [-0.4, -0.2) is 54.1 Å². The van der Waals surface area contributed by atoms with E-state index in [1.165, 1.54) is 6.07 Å². The molecular formula is C27H34FIN4O4S. The molecule has 2 aliphatic rings. The van der Waals surface area contributed by atoms with Crippen LogP contribution in [0.15, 0.2) is 18.2 Å². The number of hydrogen-bond donors (Lipinski definition) is 3. The number of ether oxygens (including phenoxy) is 1. The Morgan fingerprint density at radius 3 is 2.74 bits per heavy atom. The maximum atomic E-state index is 14.7. The lowest BCUT2D eigenvalue weighted by Crippen LogP contribution is -2.45. The number of halogens is 2. The van der Waals surface area contributed by atoms with Crippen LogP contribution in [0.25, 0.3) is 0 Å². The molecule has 1 saturated heterocycles. The molecule has 1 aromatic heterocycles. The van der Waals surface area contributed by atoms with Crippen LogP contribution >= 0.6 is 33.9 Å². The molecular weight excluding hydrogens is 622 g/mol. The summed E-state index contributed by atoms with van der Waals surface area (Å²) in [7, 11) is 0. The average molecular weight is 657 g/mol. The molecule has 0 aliphatic carbocycles. The van der Waals surface area contributed by atoms with Crippen molar-refractivity contribution in [3.05, 3.63) is 43.6 Å². The van der Waals surface area contributed by atoms with Gasteiger partial charge in [0.15, 0.2) is 0 Å². The molecule has 8 nitrogen and oxygen atoms in total. The summed E-state index contributed by atoms with van der Waals surface area (Å²) in [6, 6.07) is 4.59. The van der Waals surface area contributed by atoms with Gasteiger partial charge in [-0.2, -0.15) is 0 Å². The first-order chi connectivity index (χ1) is 17.7. The van der Waals surface area contributed by atoms with Gasteiger partial charge in [-0.15, -0.1) is 11.3 Å².